The number of hydrogen-bond donors (Lipinski definition) is 3. The van der Waals surface area contributed by atoms with E-state index in [-0.39, 0.29) is 19.8 Å². The number of hydrogen-bond acceptors (Lipinski definition) is 4. The van der Waals surface area contributed by atoms with E-state index < -0.39 is 0 Å². The fraction of sp³-hybridized carbons (Fsp3) is 0.310. The largest absolute Gasteiger partial charge is 0.377 e. The molecule has 176 valence electrons. The molecule has 0 aromatic heterocycles. The third-order valence-corrected chi connectivity index (χ3v) is 5.35. The zero-order chi connectivity index (χ0) is 22.4. The molecule has 0 radical (unpaired) electrons. The van der Waals surface area contributed by atoms with Gasteiger partial charge in [0.2, 0.25) is 0 Å². The van der Waals surface area contributed by atoms with E-state index >= 15 is 0 Å². The molecule has 0 spiro atoms. The van der Waals surface area contributed by atoms with Crippen LogP contribution in [-0.4, -0.2) is 26.3 Å². The molecule has 0 saturated carbocycles. The van der Waals surface area contributed by atoms with Gasteiger partial charge in [-0.3, -0.25) is 16.0 Å². The second-order valence-corrected chi connectivity index (χ2v) is 8.02. The minimum Gasteiger partial charge on any atom is -0.377 e. The second kappa shape index (κ2) is 15.1. The van der Waals surface area contributed by atoms with Crippen LogP contribution in [0.2, 0.25) is 0 Å². The van der Waals surface area contributed by atoms with Crippen LogP contribution < -0.4 is 16.0 Å². The third-order valence-electron chi connectivity index (χ3n) is 5.35. The predicted octanol–water partition coefficient (Wildman–Crippen LogP) is 5.62. The maximum absolute atomic E-state index is 5.68. The Labute approximate surface area is 200 Å². The number of rotatable bonds is 6. The van der Waals surface area contributed by atoms with E-state index in [1.165, 1.54) is 16.7 Å². The lowest BCUT2D eigenvalue weighted by Gasteiger charge is -2.34. The molecule has 1 heterocycles. The molecule has 1 aliphatic heterocycles. The SMILES string of the molecule is C.C=CCOCC1CNC(c2ccccc2)NC(c2ccccc2)NC1.Cc1ccccc1. The highest BCUT2D eigenvalue weighted by Gasteiger charge is 2.23. The van der Waals surface area contributed by atoms with Gasteiger partial charge >= 0.3 is 0 Å². The molecule has 4 rings (SSSR count). The smallest absolute Gasteiger partial charge is 0.0850 e. The van der Waals surface area contributed by atoms with Gasteiger partial charge in [-0.2, -0.15) is 0 Å². The maximum atomic E-state index is 5.68. The van der Waals surface area contributed by atoms with Crippen LogP contribution in [0.1, 0.15) is 36.4 Å². The lowest BCUT2D eigenvalue weighted by Crippen LogP contribution is -2.49. The Kier molecular flexibility index (Phi) is 12.2. The van der Waals surface area contributed by atoms with Crippen molar-refractivity contribution in [1.29, 1.82) is 0 Å². The van der Waals surface area contributed by atoms with E-state index in [2.05, 4.69) is 90.1 Å². The van der Waals surface area contributed by atoms with Crippen LogP contribution in [0, 0.1) is 12.8 Å². The molecule has 3 aromatic carbocycles. The molecular weight excluding hydrogens is 406 g/mol. The summed E-state index contributed by atoms with van der Waals surface area (Å²) in [6, 6.07) is 31.3. The average Bonchev–Trinajstić information content (AvgIpc) is 2.83. The van der Waals surface area contributed by atoms with Gasteiger partial charge in [0.1, 0.15) is 0 Å². The molecule has 2 atom stereocenters. The van der Waals surface area contributed by atoms with Gasteiger partial charge in [-0.05, 0) is 18.1 Å². The molecule has 1 fully saturated rings. The Hall–Kier alpha value is -2.76. The Morgan fingerprint density at radius 3 is 1.64 bits per heavy atom. The summed E-state index contributed by atoms with van der Waals surface area (Å²) in [5.74, 6) is 0.402. The van der Waals surface area contributed by atoms with Gasteiger partial charge in [-0.15, -0.1) is 6.58 Å². The third kappa shape index (κ3) is 9.32. The molecular formula is C29H39N3O. The molecule has 0 amide bonds. The molecule has 0 aliphatic carbocycles. The first-order valence-electron chi connectivity index (χ1n) is 11.3. The van der Waals surface area contributed by atoms with Crippen LogP contribution in [0.15, 0.2) is 104 Å². The second-order valence-electron chi connectivity index (χ2n) is 8.02. The van der Waals surface area contributed by atoms with Gasteiger partial charge in [-0.25, -0.2) is 0 Å². The molecule has 0 bridgehead atoms. The van der Waals surface area contributed by atoms with Crippen molar-refractivity contribution in [2.24, 2.45) is 5.92 Å². The van der Waals surface area contributed by atoms with Crippen molar-refractivity contribution in [2.75, 3.05) is 26.3 Å². The highest BCUT2D eigenvalue weighted by Crippen LogP contribution is 2.19. The summed E-state index contributed by atoms with van der Waals surface area (Å²) in [5, 5.41) is 11.0. The highest BCUT2D eigenvalue weighted by atomic mass is 16.5. The average molecular weight is 446 g/mol. The number of ether oxygens (including phenoxy) is 1. The predicted molar refractivity (Wildman–Crippen MR) is 140 cm³/mol. The van der Waals surface area contributed by atoms with Crippen LogP contribution in [0.25, 0.3) is 0 Å². The first-order chi connectivity index (χ1) is 15.8. The molecule has 1 aliphatic rings. The summed E-state index contributed by atoms with van der Waals surface area (Å²) in [4.78, 5) is 0. The van der Waals surface area contributed by atoms with Crippen molar-refractivity contribution in [1.82, 2.24) is 16.0 Å². The Morgan fingerprint density at radius 1 is 0.788 bits per heavy atom. The minimum absolute atomic E-state index is 0. The zero-order valence-electron chi connectivity index (χ0n) is 18.9. The number of benzene rings is 3. The number of aryl methyl sites for hydroxylation is 1. The Morgan fingerprint density at radius 2 is 1.24 bits per heavy atom. The van der Waals surface area contributed by atoms with Crippen LogP contribution >= 0.6 is 0 Å². The van der Waals surface area contributed by atoms with Crippen molar-refractivity contribution in [3.63, 3.8) is 0 Å². The van der Waals surface area contributed by atoms with E-state index in [9.17, 15) is 0 Å². The van der Waals surface area contributed by atoms with Gasteiger partial charge in [0.15, 0.2) is 0 Å². The van der Waals surface area contributed by atoms with Gasteiger partial charge in [0.05, 0.1) is 25.5 Å². The maximum Gasteiger partial charge on any atom is 0.0850 e. The standard InChI is InChI=1S/C21H27N3O.C7H8.CH4/c1-2-13-25-16-17-14-22-20(18-9-5-3-6-10-18)24-21(23-15-17)19-11-7-4-8-12-19;1-7-5-3-2-4-6-7;/h2-12,17,20-24H,1,13-16H2;2-6H,1H3;1H4. The van der Waals surface area contributed by atoms with Crippen molar-refractivity contribution in [2.45, 2.75) is 26.7 Å². The molecule has 3 aromatic rings. The molecule has 2 unspecified atom stereocenters. The van der Waals surface area contributed by atoms with Gasteiger partial charge < -0.3 is 4.74 Å². The summed E-state index contributed by atoms with van der Waals surface area (Å²) in [7, 11) is 0. The van der Waals surface area contributed by atoms with Crippen LogP contribution in [0.5, 0.6) is 0 Å². The summed E-state index contributed by atoms with van der Waals surface area (Å²) < 4.78 is 5.68. The molecule has 4 nitrogen and oxygen atoms in total. The quantitative estimate of drug-likeness (QED) is 0.341. The molecule has 3 N–H and O–H groups in total. The molecule has 33 heavy (non-hydrogen) atoms. The first kappa shape index (κ1) is 26.5. The summed E-state index contributed by atoms with van der Waals surface area (Å²) in [5.41, 5.74) is 3.79. The van der Waals surface area contributed by atoms with E-state index in [1.807, 2.05) is 30.3 Å². The minimum atomic E-state index is 0. The summed E-state index contributed by atoms with van der Waals surface area (Å²) >= 11 is 0. The van der Waals surface area contributed by atoms with E-state index in [4.69, 9.17) is 4.74 Å². The molecule has 4 heteroatoms. The number of nitrogens with one attached hydrogen (secondary N) is 3. The normalized spacial score (nSPS) is 20.2. The zero-order valence-corrected chi connectivity index (χ0v) is 18.9. The van der Waals surface area contributed by atoms with Crippen molar-refractivity contribution < 1.29 is 4.74 Å². The topological polar surface area (TPSA) is 45.3 Å². The Balaban J connectivity index is 0.000000413. The van der Waals surface area contributed by atoms with Crippen molar-refractivity contribution >= 4 is 0 Å². The Bertz CT molecular complexity index is 837. The van der Waals surface area contributed by atoms with Crippen LogP contribution in [0.3, 0.4) is 0 Å². The van der Waals surface area contributed by atoms with E-state index in [1.54, 1.807) is 6.08 Å². The highest BCUT2D eigenvalue weighted by molar-refractivity contribution is 5.22. The fourth-order valence-electron chi connectivity index (χ4n) is 3.62. The van der Waals surface area contributed by atoms with Crippen molar-refractivity contribution in [3.05, 3.63) is 120 Å². The lowest BCUT2D eigenvalue weighted by atomic mass is 10.1. The van der Waals surface area contributed by atoms with Crippen LogP contribution in [0.4, 0.5) is 0 Å². The molecule has 1 saturated heterocycles. The monoisotopic (exact) mass is 445 g/mol. The van der Waals surface area contributed by atoms with Crippen LogP contribution in [-0.2, 0) is 4.74 Å². The van der Waals surface area contributed by atoms with Gasteiger partial charge in [0.25, 0.3) is 0 Å². The van der Waals surface area contributed by atoms with Gasteiger partial charge in [-0.1, -0.05) is 110 Å². The summed E-state index contributed by atoms with van der Waals surface area (Å²) in [6.07, 6.45) is 1.97. The first-order valence-corrected chi connectivity index (χ1v) is 11.3. The van der Waals surface area contributed by atoms with E-state index in [0.717, 1.165) is 19.7 Å². The van der Waals surface area contributed by atoms with Gasteiger partial charge in [0, 0.05) is 19.0 Å². The lowest BCUT2D eigenvalue weighted by molar-refractivity contribution is 0.110. The van der Waals surface area contributed by atoms with Crippen molar-refractivity contribution in [3.8, 4) is 0 Å². The summed E-state index contributed by atoms with van der Waals surface area (Å²) in [6.45, 7) is 8.89. The van der Waals surface area contributed by atoms with E-state index in [0.29, 0.717) is 12.5 Å². The fourth-order valence-corrected chi connectivity index (χ4v) is 3.62.